The molecule has 0 unspecified atom stereocenters. The van der Waals surface area contributed by atoms with Gasteiger partial charge in [-0.1, -0.05) is 0 Å². The summed E-state index contributed by atoms with van der Waals surface area (Å²) < 4.78 is 0. The zero-order valence-electron chi connectivity index (χ0n) is 5.58. The second-order valence-corrected chi connectivity index (χ2v) is 2.36. The maximum absolute atomic E-state index is 10.3. The number of nitrogens with zero attached hydrogens (tertiary/aromatic N) is 3. The van der Waals surface area contributed by atoms with Gasteiger partial charge in [0.15, 0.2) is 0 Å². The highest BCUT2D eigenvalue weighted by Crippen LogP contribution is 2.08. The van der Waals surface area contributed by atoms with Crippen LogP contribution in [0.5, 0.6) is 0 Å². The van der Waals surface area contributed by atoms with Crippen LogP contribution in [0.4, 0.5) is 10.7 Å². The minimum absolute atomic E-state index is 0.0764. The number of primary amides is 1. The lowest BCUT2D eigenvalue weighted by Crippen LogP contribution is -2.21. The van der Waals surface area contributed by atoms with Gasteiger partial charge in [-0.25, -0.2) is 4.79 Å². The Balaban J connectivity index is 2.93. The first-order valence-electron chi connectivity index (χ1n) is 2.71. The minimum atomic E-state index is -0.798. The largest absolute Gasteiger partial charge is 0.351 e. The molecule has 12 heavy (non-hydrogen) atoms. The number of nitrogens with two attached hydrogens (primary N) is 1. The van der Waals surface area contributed by atoms with Crippen LogP contribution < -0.4 is 11.1 Å². The summed E-state index contributed by atoms with van der Waals surface area (Å²) in [6, 6.07) is -0.798. The Hall–Kier alpha value is -1.14. The van der Waals surface area contributed by atoms with E-state index < -0.39 is 6.03 Å². The molecular weight excluding hydrogens is 205 g/mol. The Morgan fingerprint density at radius 3 is 2.17 bits per heavy atom. The number of hydrogen-bond acceptors (Lipinski definition) is 4. The highest BCUT2D eigenvalue weighted by molar-refractivity contribution is 6.31. The molecule has 0 saturated heterocycles. The molecule has 0 bridgehead atoms. The summed E-state index contributed by atoms with van der Waals surface area (Å²) in [5.74, 6) is -0.0764. The molecule has 0 atom stereocenters. The molecule has 6 nitrogen and oxygen atoms in total. The van der Waals surface area contributed by atoms with E-state index in [0.717, 1.165) is 0 Å². The van der Waals surface area contributed by atoms with Crippen LogP contribution in [0.1, 0.15) is 0 Å². The molecule has 1 rings (SSSR count). The summed E-state index contributed by atoms with van der Waals surface area (Å²) in [7, 11) is 0. The Kier molecular flexibility index (Phi) is 2.61. The zero-order valence-corrected chi connectivity index (χ0v) is 7.10. The van der Waals surface area contributed by atoms with Crippen molar-refractivity contribution in [3.63, 3.8) is 0 Å². The van der Waals surface area contributed by atoms with Gasteiger partial charge in [-0.05, 0) is 23.2 Å². The normalized spacial score (nSPS) is 9.50. The van der Waals surface area contributed by atoms with E-state index in [4.69, 9.17) is 28.9 Å². The second kappa shape index (κ2) is 3.51. The fourth-order valence-corrected chi connectivity index (χ4v) is 0.855. The SMILES string of the molecule is NC(=O)Nc1nc(Cl)nc(Cl)n1. The zero-order chi connectivity index (χ0) is 9.14. The predicted molar refractivity (Wildman–Crippen MR) is 43.1 cm³/mol. The number of anilines is 1. The molecule has 2 amide bonds. The Bertz CT molecular complexity index is 296. The van der Waals surface area contributed by atoms with Gasteiger partial charge in [-0.15, -0.1) is 0 Å². The number of amides is 2. The van der Waals surface area contributed by atoms with Crippen LogP contribution in [0.15, 0.2) is 0 Å². The molecule has 0 aliphatic carbocycles. The summed E-state index contributed by atoms with van der Waals surface area (Å²) in [5, 5.41) is 1.87. The van der Waals surface area contributed by atoms with Crippen LogP contribution >= 0.6 is 23.2 Å². The van der Waals surface area contributed by atoms with Gasteiger partial charge in [0, 0.05) is 0 Å². The number of nitrogens with one attached hydrogen (secondary N) is 1. The van der Waals surface area contributed by atoms with Crippen LogP contribution in [0.25, 0.3) is 0 Å². The first-order chi connectivity index (χ1) is 5.58. The van der Waals surface area contributed by atoms with Crippen LogP contribution in [-0.4, -0.2) is 21.0 Å². The summed E-state index contributed by atoms with van der Waals surface area (Å²) in [6.45, 7) is 0. The fourth-order valence-electron chi connectivity index (χ4n) is 0.492. The number of aromatic nitrogens is 3. The summed E-state index contributed by atoms with van der Waals surface area (Å²) >= 11 is 10.8. The molecule has 1 heterocycles. The van der Waals surface area contributed by atoms with Crippen molar-refractivity contribution in [1.29, 1.82) is 0 Å². The molecule has 0 radical (unpaired) electrons. The van der Waals surface area contributed by atoms with E-state index in [-0.39, 0.29) is 16.5 Å². The highest BCUT2D eigenvalue weighted by atomic mass is 35.5. The number of halogens is 2. The van der Waals surface area contributed by atoms with Crippen LogP contribution in [0.2, 0.25) is 10.6 Å². The first-order valence-corrected chi connectivity index (χ1v) is 3.47. The Morgan fingerprint density at radius 1 is 1.25 bits per heavy atom. The Morgan fingerprint density at radius 2 is 1.75 bits per heavy atom. The molecule has 0 aliphatic heterocycles. The number of carbonyl (C=O) groups excluding carboxylic acids is 1. The molecule has 0 spiro atoms. The van der Waals surface area contributed by atoms with Crippen LogP contribution in [0.3, 0.4) is 0 Å². The number of rotatable bonds is 1. The number of hydrogen-bond donors (Lipinski definition) is 2. The lowest BCUT2D eigenvalue weighted by Gasteiger charge is -1.98. The van der Waals surface area contributed by atoms with E-state index in [1.807, 2.05) is 0 Å². The van der Waals surface area contributed by atoms with E-state index in [0.29, 0.717) is 0 Å². The van der Waals surface area contributed by atoms with Crippen molar-refractivity contribution < 1.29 is 4.79 Å². The molecule has 0 saturated carbocycles. The lowest BCUT2D eigenvalue weighted by atomic mass is 10.9. The molecule has 0 aliphatic rings. The van der Waals surface area contributed by atoms with E-state index in [1.165, 1.54) is 0 Å². The van der Waals surface area contributed by atoms with Gasteiger partial charge in [-0.3, -0.25) is 5.32 Å². The third kappa shape index (κ3) is 2.48. The topological polar surface area (TPSA) is 93.8 Å². The minimum Gasteiger partial charge on any atom is -0.351 e. The average Bonchev–Trinajstić information content (AvgIpc) is 1.81. The molecular formula is C4H3Cl2N5O. The molecule has 8 heteroatoms. The second-order valence-electron chi connectivity index (χ2n) is 1.69. The summed E-state index contributed by atoms with van der Waals surface area (Å²) in [6.07, 6.45) is 0. The van der Waals surface area contributed by atoms with E-state index >= 15 is 0 Å². The molecule has 0 aromatic carbocycles. The van der Waals surface area contributed by atoms with E-state index in [1.54, 1.807) is 0 Å². The van der Waals surface area contributed by atoms with Gasteiger partial charge in [0.25, 0.3) is 0 Å². The van der Waals surface area contributed by atoms with Crippen molar-refractivity contribution in [3.05, 3.63) is 10.6 Å². The third-order valence-electron chi connectivity index (χ3n) is 0.816. The smallest absolute Gasteiger partial charge is 0.319 e. The van der Waals surface area contributed by atoms with Crippen molar-refractivity contribution in [2.75, 3.05) is 5.32 Å². The quantitative estimate of drug-likeness (QED) is 0.708. The number of urea groups is 1. The number of carbonyl (C=O) groups is 1. The van der Waals surface area contributed by atoms with E-state index in [2.05, 4.69) is 20.3 Å². The van der Waals surface area contributed by atoms with Gasteiger partial charge in [0.1, 0.15) is 0 Å². The average molecular weight is 208 g/mol. The fraction of sp³-hybridized carbons (Fsp3) is 0. The monoisotopic (exact) mass is 207 g/mol. The lowest BCUT2D eigenvalue weighted by molar-refractivity contribution is 0.259. The van der Waals surface area contributed by atoms with Crippen LogP contribution in [0, 0.1) is 0 Å². The van der Waals surface area contributed by atoms with Gasteiger partial charge >= 0.3 is 6.03 Å². The molecule has 64 valence electrons. The van der Waals surface area contributed by atoms with Crippen molar-refractivity contribution in [2.45, 2.75) is 0 Å². The van der Waals surface area contributed by atoms with Crippen LogP contribution in [-0.2, 0) is 0 Å². The van der Waals surface area contributed by atoms with Crippen molar-refractivity contribution in [1.82, 2.24) is 15.0 Å². The van der Waals surface area contributed by atoms with Gasteiger partial charge in [0.2, 0.25) is 16.5 Å². The van der Waals surface area contributed by atoms with Crippen molar-refractivity contribution >= 4 is 35.2 Å². The van der Waals surface area contributed by atoms with Gasteiger partial charge in [0.05, 0.1) is 0 Å². The third-order valence-corrected chi connectivity index (χ3v) is 1.15. The molecule has 1 aromatic rings. The maximum Gasteiger partial charge on any atom is 0.319 e. The molecule has 1 aromatic heterocycles. The summed E-state index contributed by atoms with van der Waals surface area (Å²) in [5.41, 5.74) is 4.79. The summed E-state index contributed by atoms with van der Waals surface area (Å²) in [4.78, 5) is 20.8. The standard InChI is InChI=1S/C4H3Cl2N5O/c5-1-8-2(6)10-4(9-1)11-3(7)12/h(H3,7,8,9,10,11,12). The first kappa shape index (κ1) is 8.95. The van der Waals surface area contributed by atoms with Crippen molar-refractivity contribution in [3.8, 4) is 0 Å². The predicted octanol–water partition coefficient (Wildman–Crippen LogP) is 0.669. The molecule has 0 fully saturated rings. The van der Waals surface area contributed by atoms with E-state index in [9.17, 15) is 4.79 Å². The maximum atomic E-state index is 10.3. The van der Waals surface area contributed by atoms with Gasteiger partial charge < -0.3 is 5.73 Å². The highest BCUT2D eigenvalue weighted by Gasteiger charge is 2.03. The molecule has 3 N–H and O–H groups in total. The van der Waals surface area contributed by atoms with Crippen molar-refractivity contribution in [2.24, 2.45) is 5.73 Å². The Labute approximate surface area is 77.1 Å². The van der Waals surface area contributed by atoms with Gasteiger partial charge in [-0.2, -0.15) is 15.0 Å².